The van der Waals surface area contributed by atoms with Crippen LogP contribution >= 0.6 is 27.5 Å². The van der Waals surface area contributed by atoms with E-state index in [1.165, 1.54) is 7.11 Å². The molecule has 2 heterocycles. The average molecular weight is 304 g/mol. The number of aryl methyl sites for hydroxylation is 1. The van der Waals surface area contributed by atoms with Gasteiger partial charge in [0, 0.05) is 6.20 Å². The molecule has 2 aromatic heterocycles. The summed E-state index contributed by atoms with van der Waals surface area (Å²) in [5.41, 5.74) is 1.64. The highest BCUT2D eigenvalue weighted by atomic mass is 79.9. The highest BCUT2D eigenvalue weighted by molar-refractivity contribution is 9.10. The summed E-state index contributed by atoms with van der Waals surface area (Å²) in [7, 11) is 1.33. The van der Waals surface area contributed by atoms with Gasteiger partial charge in [-0.2, -0.15) is 0 Å². The lowest BCUT2D eigenvalue weighted by molar-refractivity contribution is 0.0592. The van der Waals surface area contributed by atoms with Gasteiger partial charge in [0.2, 0.25) is 0 Å². The van der Waals surface area contributed by atoms with E-state index in [9.17, 15) is 4.79 Å². The zero-order valence-electron chi connectivity index (χ0n) is 8.62. The molecule has 6 heteroatoms. The quantitative estimate of drug-likeness (QED) is 0.761. The number of methoxy groups -OCH3 is 1. The van der Waals surface area contributed by atoms with Gasteiger partial charge in [0.15, 0.2) is 11.3 Å². The standard InChI is InChI=1S/C10H8BrClN2O2/c1-5-8(10(15)16-2)14-4-6(12)3-7(11)9(14)13-5/h3-4H,1-2H3. The van der Waals surface area contributed by atoms with Gasteiger partial charge in [0.25, 0.3) is 0 Å². The van der Waals surface area contributed by atoms with Crippen molar-refractivity contribution < 1.29 is 9.53 Å². The van der Waals surface area contributed by atoms with Crippen LogP contribution in [0.1, 0.15) is 16.2 Å². The van der Waals surface area contributed by atoms with Crippen molar-refractivity contribution in [2.45, 2.75) is 6.92 Å². The van der Waals surface area contributed by atoms with E-state index in [0.717, 1.165) is 4.47 Å². The van der Waals surface area contributed by atoms with Gasteiger partial charge < -0.3 is 4.74 Å². The summed E-state index contributed by atoms with van der Waals surface area (Å²) in [6.07, 6.45) is 1.63. The van der Waals surface area contributed by atoms with Gasteiger partial charge in [-0.1, -0.05) is 11.6 Å². The van der Waals surface area contributed by atoms with Crippen LogP contribution in [-0.4, -0.2) is 22.5 Å². The molecule has 0 aromatic carbocycles. The Kier molecular flexibility index (Phi) is 2.90. The Hall–Kier alpha value is -1.07. The second-order valence-electron chi connectivity index (χ2n) is 3.24. The van der Waals surface area contributed by atoms with Crippen LogP contribution in [0.4, 0.5) is 0 Å². The van der Waals surface area contributed by atoms with E-state index < -0.39 is 5.97 Å². The van der Waals surface area contributed by atoms with Crippen LogP contribution in [0.2, 0.25) is 5.02 Å². The molecule has 0 N–H and O–H groups in total. The molecule has 2 rings (SSSR count). The molecule has 0 spiro atoms. The second kappa shape index (κ2) is 4.07. The summed E-state index contributed by atoms with van der Waals surface area (Å²) in [4.78, 5) is 15.9. The molecule has 0 bridgehead atoms. The van der Waals surface area contributed by atoms with Crippen molar-refractivity contribution in [3.05, 3.63) is 33.1 Å². The topological polar surface area (TPSA) is 43.6 Å². The monoisotopic (exact) mass is 302 g/mol. The fourth-order valence-corrected chi connectivity index (χ4v) is 2.39. The van der Waals surface area contributed by atoms with Crippen molar-refractivity contribution in [3.8, 4) is 0 Å². The molecule has 4 nitrogen and oxygen atoms in total. The zero-order chi connectivity index (χ0) is 11.9. The Morgan fingerprint density at radius 3 is 2.94 bits per heavy atom. The van der Waals surface area contributed by atoms with E-state index in [1.807, 2.05) is 0 Å². The first-order valence-electron chi connectivity index (χ1n) is 4.46. The van der Waals surface area contributed by atoms with Crippen molar-refractivity contribution in [2.24, 2.45) is 0 Å². The van der Waals surface area contributed by atoms with Crippen molar-refractivity contribution in [1.29, 1.82) is 0 Å². The fourth-order valence-electron chi connectivity index (χ4n) is 1.53. The number of aromatic nitrogens is 2. The first-order chi connectivity index (χ1) is 7.54. The van der Waals surface area contributed by atoms with Crippen molar-refractivity contribution >= 4 is 39.1 Å². The second-order valence-corrected chi connectivity index (χ2v) is 4.53. The van der Waals surface area contributed by atoms with E-state index in [-0.39, 0.29) is 0 Å². The summed E-state index contributed by atoms with van der Waals surface area (Å²) in [5.74, 6) is -0.431. The minimum atomic E-state index is -0.431. The van der Waals surface area contributed by atoms with Crippen LogP contribution in [-0.2, 0) is 4.74 Å². The zero-order valence-corrected chi connectivity index (χ0v) is 11.0. The van der Waals surface area contributed by atoms with Crippen LogP contribution in [0.3, 0.4) is 0 Å². The number of carbonyl (C=O) groups excluding carboxylic acids is 1. The highest BCUT2D eigenvalue weighted by Gasteiger charge is 2.18. The average Bonchev–Trinajstić information content (AvgIpc) is 2.54. The van der Waals surface area contributed by atoms with Gasteiger partial charge in [0.05, 0.1) is 22.3 Å². The van der Waals surface area contributed by atoms with E-state index in [1.54, 1.807) is 23.6 Å². The number of hydrogen-bond acceptors (Lipinski definition) is 3. The SMILES string of the molecule is COC(=O)c1c(C)nc2c(Br)cc(Cl)cn12. The first-order valence-corrected chi connectivity index (χ1v) is 5.63. The van der Waals surface area contributed by atoms with Crippen molar-refractivity contribution in [3.63, 3.8) is 0 Å². The number of pyridine rings is 1. The van der Waals surface area contributed by atoms with Gasteiger partial charge in [0.1, 0.15) is 0 Å². The van der Waals surface area contributed by atoms with Crippen LogP contribution in [0.5, 0.6) is 0 Å². The predicted octanol–water partition coefficient (Wildman–Crippen LogP) is 2.85. The lowest BCUT2D eigenvalue weighted by Crippen LogP contribution is -2.07. The number of carbonyl (C=O) groups is 1. The molecular weight excluding hydrogens is 295 g/mol. The number of hydrogen-bond donors (Lipinski definition) is 0. The summed E-state index contributed by atoms with van der Waals surface area (Å²) in [5, 5.41) is 0.516. The predicted molar refractivity (Wildman–Crippen MR) is 64.0 cm³/mol. The molecule has 0 aliphatic rings. The lowest BCUT2D eigenvalue weighted by atomic mass is 10.3. The molecule has 0 radical (unpaired) electrons. The third kappa shape index (κ3) is 1.70. The number of ether oxygens (including phenoxy) is 1. The molecule has 2 aromatic rings. The smallest absolute Gasteiger partial charge is 0.356 e. The molecule has 0 saturated carbocycles. The molecule has 84 valence electrons. The van der Waals surface area contributed by atoms with E-state index in [2.05, 4.69) is 20.9 Å². The molecule has 0 atom stereocenters. The Morgan fingerprint density at radius 1 is 1.62 bits per heavy atom. The van der Waals surface area contributed by atoms with Crippen molar-refractivity contribution in [2.75, 3.05) is 7.11 Å². The minimum Gasteiger partial charge on any atom is -0.464 e. The molecule has 0 aliphatic heterocycles. The molecule has 0 fully saturated rings. The number of fused-ring (bicyclic) bond motifs is 1. The van der Waals surface area contributed by atoms with Crippen LogP contribution < -0.4 is 0 Å². The fraction of sp³-hybridized carbons (Fsp3) is 0.200. The summed E-state index contributed by atoms with van der Waals surface area (Å²) < 4.78 is 7.06. The first kappa shape index (κ1) is 11.4. The van der Waals surface area contributed by atoms with Crippen LogP contribution in [0, 0.1) is 6.92 Å². The maximum atomic E-state index is 11.6. The number of esters is 1. The van der Waals surface area contributed by atoms with E-state index >= 15 is 0 Å². The van der Waals surface area contributed by atoms with E-state index in [0.29, 0.717) is 22.1 Å². The van der Waals surface area contributed by atoms with Gasteiger partial charge in [-0.3, -0.25) is 4.40 Å². The largest absolute Gasteiger partial charge is 0.464 e. The maximum Gasteiger partial charge on any atom is 0.356 e. The molecule has 0 saturated heterocycles. The lowest BCUT2D eigenvalue weighted by Gasteiger charge is -2.02. The molecular formula is C10H8BrClN2O2. The minimum absolute atomic E-state index is 0.390. The number of halogens is 2. The molecule has 0 unspecified atom stereocenters. The van der Waals surface area contributed by atoms with E-state index in [4.69, 9.17) is 16.3 Å². The third-order valence-electron chi connectivity index (χ3n) is 2.19. The molecule has 16 heavy (non-hydrogen) atoms. The molecule has 0 aliphatic carbocycles. The van der Waals surface area contributed by atoms with Gasteiger partial charge in [-0.05, 0) is 28.9 Å². The summed E-state index contributed by atoms with van der Waals surface area (Å²) in [6.45, 7) is 1.75. The third-order valence-corrected chi connectivity index (χ3v) is 2.99. The van der Waals surface area contributed by atoms with Crippen molar-refractivity contribution in [1.82, 2.24) is 9.38 Å². The Morgan fingerprint density at radius 2 is 2.31 bits per heavy atom. The Labute approximate surface area is 105 Å². The number of rotatable bonds is 1. The maximum absolute atomic E-state index is 11.6. The van der Waals surface area contributed by atoms with Crippen LogP contribution in [0.25, 0.3) is 5.65 Å². The highest BCUT2D eigenvalue weighted by Crippen LogP contribution is 2.24. The van der Waals surface area contributed by atoms with Gasteiger partial charge in [-0.15, -0.1) is 0 Å². The van der Waals surface area contributed by atoms with Gasteiger partial charge in [-0.25, -0.2) is 9.78 Å². The van der Waals surface area contributed by atoms with Gasteiger partial charge >= 0.3 is 5.97 Å². The number of nitrogens with zero attached hydrogens (tertiary/aromatic N) is 2. The Bertz CT molecular complexity index is 580. The molecule has 0 amide bonds. The Balaban J connectivity index is 2.83. The number of imidazole rings is 1. The normalized spacial score (nSPS) is 10.8. The summed E-state index contributed by atoms with van der Waals surface area (Å²) >= 11 is 9.27. The summed E-state index contributed by atoms with van der Waals surface area (Å²) in [6, 6.07) is 1.73. The van der Waals surface area contributed by atoms with Crippen LogP contribution in [0.15, 0.2) is 16.7 Å².